The highest BCUT2D eigenvalue weighted by atomic mass is 19.4. The monoisotopic (exact) mass is 534 g/mol. The molecule has 3 saturated carbocycles. The molecule has 1 aromatic rings. The van der Waals surface area contributed by atoms with Gasteiger partial charge in [0, 0.05) is 26.5 Å². The Morgan fingerprint density at radius 2 is 1.79 bits per heavy atom. The molecule has 1 amide bonds. The van der Waals surface area contributed by atoms with Crippen molar-refractivity contribution >= 4 is 5.91 Å². The second kappa shape index (κ2) is 12.4. The molecule has 3 aliphatic carbocycles. The highest BCUT2D eigenvalue weighted by Crippen LogP contribution is 2.64. The molecule has 0 aliphatic heterocycles. The molecule has 212 valence electrons. The van der Waals surface area contributed by atoms with Crippen molar-refractivity contribution in [2.75, 3.05) is 14.2 Å². The molecule has 4 nitrogen and oxygen atoms in total. The Labute approximate surface area is 226 Å². The van der Waals surface area contributed by atoms with E-state index in [0.29, 0.717) is 29.7 Å². The van der Waals surface area contributed by atoms with Gasteiger partial charge in [-0.1, -0.05) is 38.8 Å². The van der Waals surface area contributed by atoms with E-state index >= 15 is 0 Å². The van der Waals surface area contributed by atoms with Crippen molar-refractivity contribution in [1.29, 1.82) is 5.26 Å². The SMILES string of the molecule is CCCC1C(CC(F)(F)F)CCC2C1CCC1(C)C(C(=O)N(C)C(C)c3ccc(C#N)cc3)CCC21.CO. The summed E-state index contributed by atoms with van der Waals surface area (Å²) in [5.74, 6) is 1.31. The zero-order chi connectivity index (χ0) is 28.3. The van der Waals surface area contributed by atoms with Crippen LogP contribution in [0.1, 0.15) is 95.7 Å². The number of hydrogen-bond acceptors (Lipinski definition) is 3. The van der Waals surface area contributed by atoms with Gasteiger partial charge in [0.1, 0.15) is 0 Å². The summed E-state index contributed by atoms with van der Waals surface area (Å²) in [5.41, 5.74) is 1.54. The quantitative estimate of drug-likeness (QED) is 0.410. The third-order valence-electron chi connectivity index (χ3n) is 10.4. The molecule has 0 saturated heterocycles. The first-order chi connectivity index (χ1) is 18.0. The number of aliphatic hydroxyl groups is 1. The van der Waals surface area contributed by atoms with E-state index in [4.69, 9.17) is 10.4 Å². The zero-order valence-electron chi connectivity index (χ0n) is 23.6. The number of alkyl halides is 3. The lowest BCUT2D eigenvalue weighted by molar-refractivity contribution is -0.162. The number of halogens is 3. The number of carbonyl (C=O) groups excluding carboxylic acids is 1. The molecule has 1 N–H and O–H groups in total. The molecule has 3 fully saturated rings. The standard InChI is InChI=1S/C30H41F3N2O.CH4O/c1-5-6-23-22(17-30(31,32)33)11-12-25-24(23)15-16-29(3)26(25)13-14-27(29)28(36)35(4)19(2)21-9-7-20(18-34)8-10-21;1-2/h7-10,19,22-27H,5-6,11-17H2,1-4H3;2H,1H3. The van der Waals surface area contributed by atoms with Gasteiger partial charge in [0.05, 0.1) is 17.7 Å². The Bertz CT molecular complexity index is 973. The average Bonchev–Trinajstić information content (AvgIpc) is 3.26. The molecule has 0 bridgehead atoms. The van der Waals surface area contributed by atoms with Crippen molar-refractivity contribution in [3.05, 3.63) is 35.4 Å². The van der Waals surface area contributed by atoms with E-state index in [1.807, 2.05) is 31.0 Å². The van der Waals surface area contributed by atoms with Gasteiger partial charge in [0.2, 0.25) is 5.91 Å². The lowest BCUT2D eigenvalue weighted by Gasteiger charge is -2.55. The van der Waals surface area contributed by atoms with Crippen molar-refractivity contribution in [1.82, 2.24) is 4.90 Å². The van der Waals surface area contributed by atoms with Gasteiger partial charge in [-0.05, 0) is 98.1 Å². The first-order valence-electron chi connectivity index (χ1n) is 14.3. The van der Waals surface area contributed by atoms with Crippen molar-refractivity contribution in [3.63, 3.8) is 0 Å². The predicted molar refractivity (Wildman–Crippen MR) is 143 cm³/mol. The van der Waals surface area contributed by atoms with Crippen LogP contribution in [0.3, 0.4) is 0 Å². The van der Waals surface area contributed by atoms with Crippen LogP contribution in [0.5, 0.6) is 0 Å². The van der Waals surface area contributed by atoms with Crippen molar-refractivity contribution in [3.8, 4) is 6.07 Å². The van der Waals surface area contributed by atoms with Gasteiger partial charge in [0.25, 0.3) is 0 Å². The van der Waals surface area contributed by atoms with Crippen LogP contribution in [0.15, 0.2) is 24.3 Å². The predicted octanol–water partition coefficient (Wildman–Crippen LogP) is 7.52. The van der Waals surface area contributed by atoms with Gasteiger partial charge in [-0.25, -0.2) is 0 Å². The number of rotatable bonds is 6. The summed E-state index contributed by atoms with van der Waals surface area (Å²) in [5, 5.41) is 16.1. The fourth-order valence-electron chi connectivity index (χ4n) is 8.47. The minimum Gasteiger partial charge on any atom is -0.400 e. The maximum Gasteiger partial charge on any atom is 0.389 e. The van der Waals surface area contributed by atoms with Crippen LogP contribution in [-0.2, 0) is 4.79 Å². The maximum absolute atomic E-state index is 13.8. The molecular formula is C31H45F3N2O2. The average molecular weight is 535 g/mol. The van der Waals surface area contributed by atoms with Gasteiger partial charge in [-0.15, -0.1) is 0 Å². The van der Waals surface area contributed by atoms with E-state index in [1.54, 1.807) is 12.1 Å². The molecule has 8 unspecified atom stereocenters. The number of aliphatic hydroxyl groups excluding tert-OH is 1. The number of nitrogens with zero attached hydrogens (tertiary/aromatic N) is 2. The van der Waals surface area contributed by atoms with Crippen LogP contribution < -0.4 is 0 Å². The molecule has 38 heavy (non-hydrogen) atoms. The molecule has 8 atom stereocenters. The molecule has 0 radical (unpaired) electrons. The number of carbonyl (C=O) groups is 1. The fourth-order valence-corrected chi connectivity index (χ4v) is 8.47. The summed E-state index contributed by atoms with van der Waals surface area (Å²) in [6, 6.07) is 9.48. The second-order valence-electron chi connectivity index (χ2n) is 12.1. The topological polar surface area (TPSA) is 64.3 Å². The number of hydrogen-bond donors (Lipinski definition) is 1. The van der Waals surface area contributed by atoms with E-state index in [1.165, 1.54) is 0 Å². The molecule has 0 heterocycles. The molecule has 4 rings (SSSR count). The van der Waals surface area contributed by atoms with E-state index in [-0.39, 0.29) is 35.1 Å². The molecule has 0 aromatic heterocycles. The maximum atomic E-state index is 13.8. The van der Waals surface area contributed by atoms with Gasteiger partial charge < -0.3 is 10.0 Å². The summed E-state index contributed by atoms with van der Waals surface area (Å²) < 4.78 is 40.0. The summed E-state index contributed by atoms with van der Waals surface area (Å²) in [7, 11) is 2.88. The van der Waals surface area contributed by atoms with Crippen LogP contribution in [0.2, 0.25) is 0 Å². The summed E-state index contributed by atoms with van der Waals surface area (Å²) >= 11 is 0. The third kappa shape index (κ3) is 6.06. The lowest BCUT2D eigenvalue weighted by atomic mass is 9.50. The molecular weight excluding hydrogens is 489 g/mol. The minimum atomic E-state index is -4.09. The van der Waals surface area contributed by atoms with Crippen LogP contribution >= 0.6 is 0 Å². The Balaban J connectivity index is 0.00000195. The summed E-state index contributed by atoms with van der Waals surface area (Å²) in [6.07, 6.45) is 2.42. The van der Waals surface area contributed by atoms with Crippen molar-refractivity contribution in [2.45, 2.75) is 90.8 Å². The van der Waals surface area contributed by atoms with Crippen LogP contribution in [-0.4, -0.2) is 36.2 Å². The second-order valence-corrected chi connectivity index (χ2v) is 12.1. The molecule has 7 heteroatoms. The fraction of sp³-hybridized carbons (Fsp3) is 0.742. The van der Waals surface area contributed by atoms with Crippen molar-refractivity contribution < 1.29 is 23.1 Å². The van der Waals surface area contributed by atoms with Crippen LogP contribution in [0.25, 0.3) is 0 Å². The normalized spacial score (nSPS) is 33.2. The Hall–Kier alpha value is -2.07. The van der Waals surface area contributed by atoms with Gasteiger partial charge in [-0.3, -0.25) is 4.79 Å². The Morgan fingerprint density at radius 1 is 1.13 bits per heavy atom. The highest BCUT2D eigenvalue weighted by molar-refractivity contribution is 5.80. The Kier molecular flexibility index (Phi) is 9.95. The molecule has 1 aromatic carbocycles. The number of fused-ring (bicyclic) bond motifs is 3. The van der Waals surface area contributed by atoms with E-state index < -0.39 is 12.6 Å². The van der Waals surface area contributed by atoms with Crippen LogP contribution in [0.4, 0.5) is 13.2 Å². The van der Waals surface area contributed by atoms with Crippen LogP contribution in [0, 0.1) is 52.3 Å². The van der Waals surface area contributed by atoms with E-state index in [9.17, 15) is 18.0 Å². The summed E-state index contributed by atoms with van der Waals surface area (Å²) in [6.45, 7) is 6.42. The van der Waals surface area contributed by atoms with E-state index in [2.05, 4.69) is 19.9 Å². The van der Waals surface area contributed by atoms with Gasteiger partial charge in [-0.2, -0.15) is 18.4 Å². The van der Waals surface area contributed by atoms with Gasteiger partial charge >= 0.3 is 6.18 Å². The molecule has 3 aliphatic rings. The number of amides is 1. The van der Waals surface area contributed by atoms with E-state index in [0.717, 1.165) is 57.6 Å². The first-order valence-corrected chi connectivity index (χ1v) is 14.3. The zero-order valence-corrected chi connectivity index (χ0v) is 23.6. The smallest absolute Gasteiger partial charge is 0.389 e. The minimum absolute atomic E-state index is 0.0354. The van der Waals surface area contributed by atoms with Gasteiger partial charge in [0.15, 0.2) is 0 Å². The first kappa shape index (κ1) is 30.5. The lowest BCUT2D eigenvalue weighted by Crippen LogP contribution is -2.50. The van der Waals surface area contributed by atoms with Crippen molar-refractivity contribution in [2.24, 2.45) is 40.9 Å². The Morgan fingerprint density at radius 3 is 2.37 bits per heavy atom. The largest absolute Gasteiger partial charge is 0.400 e. The summed E-state index contributed by atoms with van der Waals surface area (Å²) in [4.78, 5) is 15.7. The number of benzene rings is 1. The third-order valence-corrected chi connectivity index (χ3v) is 10.4. The highest BCUT2D eigenvalue weighted by Gasteiger charge is 2.59. The number of nitriles is 1. The molecule has 0 spiro atoms.